The molecule has 4 aromatic rings. The third-order valence-electron chi connectivity index (χ3n) is 6.12. The van der Waals surface area contributed by atoms with Gasteiger partial charge in [0.05, 0.1) is 26.7 Å². The Morgan fingerprint density at radius 1 is 0.723 bits per heavy atom. The van der Waals surface area contributed by atoms with E-state index in [0.29, 0.717) is 11.1 Å². The number of carbonyl (C=O) groups is 2. The largest absolute Gasteiger partial charge is 0.478 e. The predicted octanol–water partition coefficient (Wildman–Crippen LogP) is 9.52. The highest BCUT2D eigenvalue weighted by atomic mass is 35.5. The first-order chi connectivity index (χ1) is 21.8. The summed E-state index contributed by atoms with van der Waals surface area (Å²) < 4.78 is 74.7. The van der Waals surface area contributed by atoms with Gasteiger partial charge in [-0.05, 0) is 85.6 Å². The topological polar surface area (TPSA) is 92.4 Å². The van der Waals surface area contributed by atoms with Gasteiger partial charge in [0.25, 0.3) is 5.91 Å². The van der Waals surface area contributed by atoms with E-state index in [9.17, 15) is 35.9 Å². The number of amides is 1. The van der Waals surface area contributed by atoms with Crippen LogP contribution in [0.3, 0.4) is 0 Å². The number of terminal acetylenes is 2. The van der Waals surface area contributed by atoms with Gasteiger partial charge >= 0.3 is 18.3 Å². The quantitative estimate of drug-likeness (QED) is 0.113. The number of aromatic carboxylic acids is 1. The van der Waals surface area contributed by atoms with Crippen molar-refractivity contribution in [2.75, 3.05) is 11.1 Å². The Kier molecular flexibility index (Phi) is 12.9. The Labute approximate surface area is 276 Å². The lowest BCUT2D eigenvalue weighted by atomic mass is 10.0. The standard InChI is InChI=1S/C17H11ClF3NO.C10H8O2.C7H5ClF3N/c1-3-11-8-12(5-4-10(11)2)16(23)22-13-6-7-15(18)14(9-13)17(19,20)21;1-3-8-6-9(10(11)12)5-4-7(8)2;8-6-2-1-4(12)3-5(6)7(9,10)11/h1,4-9H,2H3,(H,22,23);1,4-6H,2H3,(H,11,12);1-3H,12H2. The molecule has 0 aromatic heterocycles. The summed E-state index contributed by atoms with van der Waals surface area (Å²) in [5.74, 6) is 3.36. The van der Waals surface area contributed by atoms with Crippen LogP contribution >= 0.6 is 23.2 Å². The van der Waals surface area contributed by atoms with Crippen molar-refractivity contribution in [2.24, 2.45) is 0 Å². The van der Waals surface area contributed by atoms with Gasteiger partial charge in [0.1, 0.15) is 0 Å². The maximum atomic E-state index is 12.8. The van der Waals surface area contributed by atoms with E-state index in [2.05, 4.69) is 17.2 Å². The summed E-state index contributed by atoms with van der Waals surface area (Å²) in [7, 11) is 0. The van der Waals surface area contributed by atoms with Crippen LogP contribution in [-0.4, -0.2) is 17.0 Å². The molecule has 4 N–H and O–H groups in total. The predicted molar refractivity (Wildman–Crippen MR) is 170 cm³/mol. The van der Waals surface area contributed by atoms with Crippen molar-refractivity contribution >= 4 is 46.5 Å². The van der Waals surface area contributed by atoms with Crippen LogP contribution in [0.15, 0.2) is 72.8 Å². The van der Waals surface area contributed by atoms with E-state index in [-0.39, 0.29) is 27.5 Å². The fourth-order valence-electron chi connectivity index (χ4n) is 3.61. The molecule has 0 saturated heterocycles. The normalized spacial score (nSPS) is 10.6. The van der Waals surface area contributed by atoms with Crippen molar-refractivity contribution in [3.05, 3.63) is 127 Å². The molecule has 0 aliphatic carbocycles. The molecule has 0 spiro atoms. The number of carboxylic acids is 1. The molecule has 4 aromatic carbocycles. The minimum absolute atomic E-state index is 0.00504. The Bertz CT molecular complexity index is 1870. The molecule has 5 nitrogen and oxygen atoms in total. The van der Waals surface area contributed by atoms with E-state index in [4.69, 9.17) is 46.9 Å². The summed E-state index contributed by atoms with van der Waals surface area (Å²) in [5.41, 5.74) is 6.71. The molecule has 244 valence electrons. The van der Waals surface area contributed by atoms with Gasteiger partial charge in [-0.15, -0.1) is 12.8 Å². The number of nitrogen functional groups attached to an aromatic ring is 1. The maximum Gasteiger partial charge on any atom is 0.417 e. The lowest BCUT2D eigenvalue weighted by Gasteiger charge is -2.12. The average Bonchev–Trinajstić information content (AvgIpc) is 2.99. The first-order valence-corrected chi connectivity index (χ1v) is 13.7. The van der Waals surface area contributed by atoms with E-state index in [0.717, 1.165) is 35.4 Å². The molecule has 0 radical (unpaired) electrons. The summed E-state index contributed by atoms with van der Waals surface area (Å²) in [6, 6.07) is 15.9. The highest BCUT2D eigenvalue weighted by Crippen LogP contribution is 2.37. The molecule has 0 atom stereocenters. The number of nitrogens with one attached hydrogen (secondary N) is 1. The van der Waals surface area contributed by atoms with Crippen LogP contribution in [0.1, 0.15) is 54.1 Å². The molecule has 4 rings (SSSR count). The number of hydrogen-bond donors (Lipinski definition) is 3. The first kappa shape index (κ1) is 38.1. The summed E-state index contributed by atoms with van der Waals surface area (Å²) in [4.78, 5) is 22.7. The van der Waals surface area contributed by atoms with Gasteiger partial charge in [0, 0.05) is 28.1 Å². The SMILES string of the molecule is C#Cc1cc(C(=O)Nc2ccc(Cl)c(C(F)(F)F)c2)ccc1C.C#Cc1cc(C(=O)O)ccc1C.Nc1ccc(Cl)c(C(F)(F)F)c1. The molecule has 0 fully saturated rings. The number of rotatable bonds is 3. The third kappa shape index (κ3) is 11.0. The number of hydrogen-bond acceptors (Lipinski definition) is 3. The van der Waals surface area contributed by atoms with Gasteiger partial charge in [0.15, 0.2) is 0 Å². The van der Waals surface area contributed by atoms with E-state index in [1.54, 1.807) is 31.2 Å². The first-order valence-electron chi connectivity index (χ1n) is 13.0. The van der Waals surface area contributed by atoms with Gasteiger partial charge in [-0.3, -0.25) is 4.79 Å². The second-order valence-electron chi connectivity index (χ2n) is 9.54. The minimum Gasteiger partial charge on any atom is -0.478 e. The van der Waals surface area contributed by atoms with Gasteiger partial charge in [-0.2, -0.15) is 26.3 Å². The zero-order valence-electron chi connectivity index (χ0n) is 24.4. The van der Waals surface area contributed by atoms with Crippen LogP contribution in [0.5, 0.6) is 0 Å². The van der Waals surface area contributed by atoms with Gasteiger partial charge in [-0.1, -0.05) is 47.2 Å². The van der Waals surface area contributed by atoms with Crippen LogP contribution in [-0.2, 0) is 12.4 Å². The summed E-state index contributed by atoms with van der Waals surface area (Å²) in [5, 5.41) is 10.3. The number of carbonyl (C=O) groups excluding carboxylic acids is 1. The zero-order chi connectivity index (χ0) is 35.7. The van der Waals surface area contributed by atoms with Crippen LogP contribution < -0.4 is 11.1 Å². The van der Waals surface area contributed by atoms with E-state index in [1.807, 2.05) is 6.92 Å². The lowest BCUT2D eigenvalue weighted by molar-refractivity contribution is -0.138. The molecule has 13 heteroatoms. The fraction of sp³-hybridized carbons (Fsp3) is 0.118. The Morgan fingerprint density at radius 3 is 1.62 bits per heavy atom. The monoisotopic (exact) mass is 692 g/mol. The number of benzene rings is 4. The van der Waals surface area contributed by atoms with E-state index in [1.165, 1.54) is 24.3 Å². The van der Waals surface area contributed by atoms with Crippen LogP contribution in [0.2, 0.25) is 10.0 Å². The number of carboxylic acid groups (broad SMARTS) is 1. The summed E-state index contributed by atoms with van der Waals surface area (Å²) in [6.45, 7) is 3.65. The number of alkyl halides is 6. The molecule has 47 heavy (non-hydrogen) atoms. The van der Waals surface area contributed by atoms with Crippen LogP contribution in [0.25, 0.3) is 0 Å². The fourth-order valence-corrected chi connectivity index (χ4v) is 4.06. The van der Waals surface area contributed by atoms with Crippen molar-refractivity contribution in [1.82, 2.24) is 0 Å². The van der Waals surface area contributed by atoms with E-state index < -0.39 is 40.4 Å². The van der Waals surface area contributed by atoms with E-state index >= 15 is 0 Å². The van der Waals surface area contributed by atoms with Crippen LogP contribution in [0.4, 0.5) is 37.7 Å². The molecule has 0 aliphatic heterocycles. The summed E-state index contributed by atoms with van der Waals surface area (Å²) in [6.07, 6.45) is 1.48. The number of aryl methyl sites for hydroxylation is 2. The smallest absolute Gasteiger partial charge is 0.417 e. The second kappa shape index (κ2) is 15.9. The zero-order valence-corrected chi connectivity index (χ0v) is 26.0. The second-order valence-corrected chi connectivity index (χ2v) is 10.4. The Balaban J connectivity index is 0.000000270. The third-order valence-corrected chi connectivity index (χ3v) is 6.78. The average molecular weight is 693 g/mol. The molecular formula is C34H24Cl2F6N2O3. The maximum absolute atomic E-state index is 12.8. The molecule has 0 heterocycles. The molecular weight excluding hydrogens is 669 g/mol. The molecule has 0 bridgehead atoms. The number of anilines is 2. The van der Waals surface area contributed by atoms with Crippen molar-refractivity contribution in [3.8, 4) is 24.7 Å². The number of nitrogens with two attached hydrogens (primary N) is 1. The van der Waals surface area contributed by atoms with Gasteiger partial charge in [-0.25, -0.2) is 4.79 Å². The van der Waals surface area contributed by atoms with Crippen LogP contribution in [0, 0.1) is 38.5 Å². The van der Waals surface area contributed by atoms with Crippen molar-refractivity contribution in [3.63, 3.8) is 0 Å². The molecule has 0 aliphatic rings. The van der Waals surface area contributed by atoms with Crippen molar-refractivity contribution < 1.29 is 41.0 Å². The molecule has 1 amide bonds. The summed E-state index contributed by atoms with van der Waals surface area (Å²) >= 11 is 10.8. The van der Waals surface area contributed by atoms with Crippen molar-refractivity contribution in [2.45, 2.75) is 26.2 Å². The highest BCUT2D eigenvalue weighted by molar-refractivity contribution is 6.31. The van der Waals surface area contributed by atoms with Crippen molar-refractivity contribution in [1.29, 1.82) is 0 Å². The van der Waals surface area contributed by atoms with Gasteiger partial charge in [0.2, 0.25) is 0 Å². The Hall–Kier alpha value is -5.10. The minimum atomic E-state index is -4.60. The lowest BCUT2D eigenvalue weighted by Crippen LogP contribution is -2.13. The Morgan fingerprint density at radius 2 is 1.17 bits per heavy atom. The molecule has 0 saturated carbocycles. The van der Waals surface area contributed by atoms with Gasteiger partial charge < -0.3 is 16.2 Å². The number of halogens is 8. The highest BCUT2D eigenvalue weighted by Gasteiger charge is 2.34. The molecule has 0 unspecified atom stereocenters.